The van der Waals surface area contributed by atoms with Crippen molar-refractivity contribution in [3.05, 3.63) is 22.2 Å². The van der Waals surface area contributed by atoms with E-state index in [0.717, 1.165) is 12.4 Å². The van der Waals surface area contributed by atoms with Gasteiger partial charge in [-0.05, 0) is 16.7 Å². The number of hydrogen-bond acceptors (Lipinski definition) is 3. The van der Waals surface area contributed by atoms with Crippen LogP contribution in [0.4, 0.5) is 5.82 Å². The van der Waals surface area contributed by atoms with Crippen LogP contribution in [0, 0.1) is 16.7 Å². The third kappa shape index (κ3) is 2.40. The van der Waals surface area contributed by atoms with E-state index in [0.29, 0.717) is 22.6 Å². The maximum atomic E-state index is 11.6. The van der Waals surface area contributed by atoms with Gasteiger partial charge in [0.05, 0.1) is 0 Å². The predicted molar refractivity (Wildman–Crippen MR) is 78.5 cm³/mol. The first kappa shape index (κ1) is 14.1. The van der Waals surface area contributed by atoms with Gasteiger partial charge in [0.15, 0.2) is 0 Å². The molecule has 106 valence electrons. The normalized spacial score (nSPS) is 20.6. The van der Waals surface area contributed by atoms with Gasteiger partial charge in [-0.15, -0.1) is 0 Å². The molecule has 2 N–H and O–H groups in total. The van der Waals surface area contributed by atoms with Gasteiger partial charge in [0.1, 0.15) is 11.6 Å². The molecular formula is C15H25N3O. The Bertz CT molecular complexity index is 514. The first-order valence-electron chi connectivity index (χ1n) is 7.01. The number of hydrogen-bond donors (Lipinski definition) is 2. The average molecular weight is 263 g/mol. The van der Waals surface area contributed by atoms with E-state index < -0.39 is 0 Å². The minimum Gasteiger partial charge on any atom is -0.370 e. The lowest BCUT2D eigenvalue weighted by atomic mass is 10.0. The van der Waals surface area contributed by atoms with Crippen molar-refractivity contribution in [1.82, 2.24) is 9.97 Å². The number of nitrogens with zero attached hydrogens (tertiary/aromatic N) is 1. The van der Waals surface area contributed by atoms with Crippen molar-refractivity contribution in [2.75, 3.05) is 11.9 Å². The molecule has 4 heteroatoms. The van der Waals surface area contributed by atoms with Crippen LogP contribution in [0.5, 0.6) is 0 Å². The van der Waals surface area contributed by atoms with Gasteiger partial charge in [-0.25, -0.2) is 4.98 Å². The van der Waals surface area contributed by atoms with Gasteiger partial charge in [-0.1, -0.05) is 41.5 Å². The highest BCUT2D eigenvalue weighted by Crippen LogP contribution is 2.68. The lowest BCUT2D eigenvalue weighted by Gasteiger charge is -2.09. The summed E-state index contributed by atoms with van der Waals surface area (Å²) in [5, 5.41) is 3.32. The van der Waals surface area contributed by atoms with E-state index in [-0.39, 0.29) is 11.5 Å². The highest BCUT2D eigenvalue weighted by Gasteiger charge is 2.64. The van der Waals surface area contributed by atoms with Crippen molar-refractivity contribution >= 4 is 5.82 Å². The van der Waals surface area contributed by atoms with Gasteiger partial charge in [0.2, 0.25) is 0 Å². The van der Waals surface area contributed by atoms with Gasteiger partial charge in [0.25, 0.3) is 5.56 Å². The van der Waals surface area contributed by atoms with E-state index in [4.69, 9.17) is 0 Å². The summed E-state index contributed by atoms with van der Waals surface area (Å²) < 4.78 is 0. The van der Waals surface area contributed by atoms with E-state index in [1.54, 1.807) is 0 Å². The van der Waals surface area contributed by atoms with E-state index >= 15 is 0 Å². The standard InChI is InChI=1S/C15H25N3O/c1-9(2)13-17-11(7-12(19)18-13)16-8-10-14(3,4)15(10,5)6/h7,9-10H,8H2,1-6H3,(H2,16,17,18,19). The van der Waals surface area contributed by atoms with E-state index in [1.807, 2.05) is 13.8 Å². The lowest BCUT2D eigenvalue weighted by molar-refractivity contribution is 0.457. The van der Waals surface area contributed by atoms with Gasteiger partial charge in [-0.3, -0.25) is 4.79 Å². The van der Waals surface area contributed by atoms with E-state index in [2.05, 4.69) is 43.0 Å². The second-order valence-corrected chi connectivity index (χ2v) is 7.05. The quantitative estimate of drug-likeness (QED) is 0.878. The lowest BCUT2D eigenvalue weighted by Crippen LogP contribution is -2.16. The van der Waals surface area contributed by atoms with Crippen LogP contribution in [-0.2, 0) is 0 Å². The second-order valence-electron chi connectivity index (χ2n) is 7.05. The zero-order valence-corrected chi connectivity index (χ0v) is 12.8. The van der Waals surface area contributed by atoms with Gasteiger partial charge in [0, 0.05) is 18.5 Å². The molecule has 0 saturated heterocycles. The van der Waals surface area contributed by atoms with Crippen molar-refractivity contribution in [2.24, 2.45) is 16.7 Å². The van der Waals surface area contributed by atoms with E-state index in [1.165, 1.54) is 6.07 Å². The van der Waals surface area contributed by atoms with Crippen molar-refractivity contribution in [2.45, 2.75) is 47.5 Å². The summed E-state index contributed by atoms with van der Waals surface area (Å²) in [6.07, 6.45) is 0. The molecule has 1 aliphatic carbocycles. The van der Waals surface area contributed by atoms with Crippen LogP contribution in [0.15, 0.2) is 10.9 Å². The first-order valence-corrected chi connectivity index (χ1v) is 7.01. The summed E-state index contributed by atoms with van der Waals surface area (Å²) in [7, 11) is 0. The minimum absolute atomic E-state index is 0.0875. The number of nitrogens with one attached hydrogen (secondary N) is 2. The van der Waals surface area contributed by atoms with Crippen molar-refractivity contribution < 1.29 is 0 Å². The molecule has 0 unspecified atom stereocenters. The average Bonchev–Trinajstić information content (AvgIpc) is 2.66. The van der Waals surface area contributed by atoms with Crippen LogP contribution in [0.3, 0.4) is 0 Å². The maximum Gasteiger partial charge on any atom is 0.252 e. The molecule has 0 aliphatic heterocycles. The fourth-order valence-corrected chi connectivity index (χ4v) is 2.89. The van der Waals surface area contributed by atoms with Crippen LogP contribution >= 0.6 is 0 Å². The molecule has 0 spiro atoms. The molecule has 19 heavy (non-hydrogen) atoms. The predicted octanol–water partition coefficient (Wildman–Crippen LogP) is 2.99. The Morgan fingerprint density at radius 1 is 1.32 bits per heavy atom. The Hall–Kier alpha value is -1.32. The van der Waals surface area contributed by atoms with Crippen LogP contribution in [0.1, 0.15) is 53.3 Å². The third-order valence-electron chi connectivity index (χ3n) is 5.11. The summed E-state index contributed by atoms with van der Waals surface area (Å²) in [5.74, 6) is 2.27. The molecule has 1 aromatic heterocycles. The summed E-state index contributed by atoms with van der Waals surface area (Å²) in [4.78, 5) is 18.8. The number of anilines is 1. The van der Waals surface area contributed by atoms with E-state index in [9.17, 15) is 4.79 Å². The summed E-state index contributed by atoms with van der Waals surface area (Å²) in [5.41, 5.74) is 0.611. The van der Waals surface area contributed by atoms with Crippen molar-refractivity contribution in [1.29, 1.82) is 0 Å². The smallest absolute Gasteiger partial charge is 0.252 e. The fraction of sp³-hybridized carbons (Fsp3) is 0.733. The molecule has 0 radical (unpaired) electrons. The minimum atomic E-state index is -0.0875. The Kier molecular flexibility index (Phi) is 3.23. The molecule has 1 saturated carbocycles. The Balaban J connectivity index is 2.07. The highest BCUT2D eigenvalue weighted by molar-refractivity contribution is 5.34. The summed E-state index contributed by atoms with van der Waals surface area (Å²) in [6, 6.07) is 1.54. The molecule has 1 aromatic rings. The molecule has 1 heterocycles. The van der Waals surface area contributed by atoms with Gasteiger partial charge in [-0.2, -0.15) is 0 Å². The maximum absolute atomic E-state index is 11.6. The number of rotatable bonds is 4. The molecule has 1 fully saturated rings. The van der Waals surface area contributed by atoms with Gasteiger partial charge >= 0.3 is 0 Å². The number of aromatic nitrogens is 2. The zero-order chi connectivity index (χ0) is 14.4. The van der Waals surface area contributed by atoms with Crippen LogP contribution in [0.25, 0.3) is 0 Å². The monoisotopic (exact) mass is 263 g/mol. The van der Waals surface area contributed by atoms with Crippen LogP contribution < -0.4 is 10.9 Å². The zero-order valence-electron chi connectivity index (χ0n) is 12.8. The van der Waals surface area contributed by atoms with Crippen LogP contribution in [-0.4, -0.2) is 16.5 Å². The molecule has 4 nitrogen and oxygen atoms in total. The van der Waals surface area contributed by atoms with Crippen molar-refractivity contribution in [3.8, 4) is 0 Å². The summed E-state index contributed by atoms with van der Waals surface area (Å²) >= 11 is 0. The second kappa shape index (κ2) is 4.36. The molecule has 0 amide bonds. The number of aromatic amines is 1. The Morgan fingerprint density at radius 2 is 1.89 bits per heavy atom. The molecular weight excluding hydrogens is 238 g/mol. The SMILES string of the molecule is CC(C)c1nc(NCC2C(C)(C)C2(C)C)cc(=O)[nH]1. The highest BCUT2D eigenvalue weighted by atomic mass is 16.1. The summed E-state index contributed by atoms with van der Waals surface area (Å²) in [6.45, 7) is 14.1. The first-order chi connectivity index (χ1) is 8.66. The molecule has 0 aromatic carbocycles. The number of H-pyrrole nitrogens is 1. The Labute approximate surface area is 115 Å². The van der Waals surface area contributed by atoms with Crippen molar-refractivity contribution in [3.63, 3.8) is 0 Å². The third-order valence-corrected chi connectivity index (χ3v) is 5.11. The topological polar surface area (TPSA) is 57.8 Å². The van der Waals surface area contributed by atoms with Crippen LogP contribution in [0.2, 0.25) is 0 Å². The van der Waals surface area contributed by atoms with Gasteiger partial charge < -0.3 is 10.3 Å². The molecule has 1 aliphatic rings. The Morgan fingerprint density at radius 3 is 2.37 bits per heavy atom. The largest absolute Gasteiger partial charge is 0.370 e. The fourth-order valence-electron chi connectivity index (χ4n) is 2.89. The molecule has 0 bridgehead atoms. The molecule has 0 atom stereocenters. The molecule has 2 rings (SSSR count).